The Morgan fingerprint density at radius 2 is 1.69 bits per heavy atom. The highest BCUT2D eigenvalue weighted by Gasteiger charge is 2.15. The summed E-state index contributed by atoms with van der Waals surface area (Å²) in [6, 6.07) is 21.1. The normalized spacial score (nSPS) is 11.5. The van der Waals surface area contributed by atoms with Crippen LogP contribution >= 0.6 is 24.0 Å². The largest absolute Gasteiger partial charge is 0.490 e. The molecule has 1 atom stereocenters. The van der Waals surface area contributed by atoms with Gasteiger partial charge in [-0.25, -0.2) is 4.39 Å². The maximum atomic E-state index is 13.9. The van der Waals surface area contributed by atoms with Gasteiger partial charge in [-0.2, -0.15) is 0 Å². The molecule has 3 nitrogen and oxygen atoms in total. The average molecular weight is 478 g/mol. The molecule has 0 aromatic heterocycles. The first-order valence-corrected chi connectivity index (χ1v) is 11.1. The molecule has 0 spiro atoms. The molecule has 3 aromatic carbocycles. The van der Waals surface area contributed by atoms with Crippen LogP contribution in [-0.2, 0) is 13.2 Å². The van der Waals surface area contributed by atoms with E-state index in [0.717, 1.165) is 18.4 Å². The zero-order chi connectivity index (χ0) is 22.1. The summed E-state index contributed by atoms with van der Waals surface area (Å²) in [6.45, 7) is 5.30. The van der Waals surface area contributed by atoms with Gasteiger partial charge in [0.2, 0.25) is 0 Å². The van der Waals surface area contributed by atoms with Crippen LogP contribution in [0, 0.1) is 5.82 Å². The molecule has 0 saturated heterocycles. The third-order valence-corrected chi connectivity index (χ3v) is 5.31. The van der Waals surface area contributed by atoms with Crippen LogP contribution in [0.4, 0.5) is 4.39 Å². The van der Waals surface area contributed by atoms with Crippen molar-refractivity contribution in [1.29, 1.82) is 0 Å². The molecule has 172 valence electrons. The summed E-state index contributed by atoms with van der Waals surface area (Å²) < 4.78 is 25.6. The molecule has 0 bridgehead atoms. The summed E-state index contributed by atoms with van der Waals surface area (Å²) in [5, 5.41) is 4.08. The van der Waals surface area contributed by atoms with Gasteiger partial charge >= 0.3 is 0 Å². The first kappa shape index (κ1) is 26.0. The predicted molar refractivity (Wildman–Crippen MR) is 132 cm³/mol. The van der Waals surface area contributed by atoms with Crippen LogP contribution in [0.25, 0.3) is 0 Å². The summed E-state index contributed by atoms with van der Waals surface area (Å²) in [5.41, 5.74) is 2.74. The highest BCUT2D eigenvalue weighted by atomic mass is 35.5. The zero-order valence-corrected chi connectivity index (χ0v) is 20.0. The van der Waals surface area contributed by atoms with Crippen molar-refractivity contribution in [2.75, 3.05) is 6.61 Å². The Balaban J connectivity index is 0.00000363. The summed E-state index contributed by atoms with van der Waals surface area (Å²) >= 11 is 6.54. The fourth-order valence-corrected chi connectivity index (χ4v) is 3.78. The van der Waals surface area contributed by atoms with E-state index in [1.165, 1.54) is 11.6 Å². The Kier molecular flexibility index (Phi) is 10.8. The van der Waals surface area contributed by atoms with E-state index in [-0.39, 0.29) is 30.9 Å². The second-order valence-corrected chi connectivity index (χ2v) is 7.76. The van der Waals surface area contributed by atoms with Gasteiger partial charge in [-0.1, -0.05) is 73.5 Å². The Bertz CT molecular complexity index is 969. The SMILES string of the molecule is CCCC(NCc1cc(Cl)c(OCc2ccccc2F)c(OCC)c1)c1ccccc1.Cl. The van der Waals surface area contributed by atoms with Gasteiger partial charge < -0.3 is 14.8 Å². The number of benzene rings is 3. The molecule has 0 aliphatic heterocycles. The Morgan fingerprint density at radius 3 is 2.38 bits per heavy atom. The summed E-state index contributed by atoms with van der Waals surface area (Å²) in [5.74, 6) is 0.693. The van der Waals surface area contributed by atoms with Gasteiger partial charge in [0.15, 0.2) is 11.5 Å². The van der Waals surface area contributed by atoms with Crippen LogP contribution in [0.5, 0.6) is 11.5 Å². The van der Waals surface area contributed by atoms with Crippen molar-refractivity contribution < 1.29 is 13.9 Å². The highest BCUT2D eigenvalue weighted by molar-refractivity contribution is 6.32. The molecule has 1 N–H and O–H groups in total. The maximum absolute atomic E-state index is 13.9. The van der Waals surface area contributed by atoms with Crippen molar-refractivity contribution in [3.8, 4) is 11.5 Å². The standard InChI is InChI=1S/C26H29ClFNO2.ClH/c1-3-10-24(20-11-6-5-7-12-20)29-17-19-15-22(27)26(25(16-19)30-4-2)31-18-21-13-8-9-14-23(21)28;/h5-9,11-16,24,29H,3-4,10,17-18H2,1-2H3;1H. The minimum absolute atomic E-state index is 0. The Hall–Kier alpha value is -2.27. The van der Waals surface area contributed by atoms with E-state index in [4.69, 9.17) is 21.1 Å². The van der Waals surface area contributed by atoms with Crippen LogP contribution in [-0.4, -0.2) is 6.61 Å². The number of ether oxygens (including phenoxy) is 2. The molecule has 3 aromatic rings. The molecule has 0 radical (unpaired) electrons. The van der Waals surface area contributed by atoms with Crippen LogP contribution in [0.15, 0.2) is 66.7 Å². The second-order valence-electron chi connectivity index (χ2n) is 7.35. The van der Waals surface area contributed by atoms with Crippen molar-refractivity contribution in [1.82, 2.24) is 5.32 Å². The second kappa shape index (κ2) is 13.3. The fraction of sp³-hybridized carbons (Fsp3) is 0.308. The summed E-state index contributed by atoms with van der Waals surface area (Å²) in [6.07, 6.45) is 2.13. The molecule has 6 heteroatoms. The minimum atomic E-state index is -0.305. The molecule has 32 heavy (non-hydrogen) atoms. The van der Waals surface area contributed by atoms with Gasteiger partial charge in [0, 0.05) is 18.2 Å². The van der Waals surface area contributed by atoms with E-state index in [9.17, 15) is 4.39 Å². The molecule has 0 saturated carbocycles. The van der Waals surface area contributed by atoms with Gasteiger partial charge in [0.05, 0.1) is 11.6 Å². The lowest BCUT2D eigenvalue weighted by Gasteiger charge is -2.20. The van der Waals surface area contributed by atoms with Crippen LogP contribution in [0.2, 0.25) is 5.02 Å². The van der Waals surface area contributed by atoms with Gasteiger partial charge in [-0.3, -0.25) is 0 Å². The monoisotopic (exact) mass is 477 g/mol. The van der Waals surface area contributed by atoms with Crippen LogP contribution in [0.3, 0.4) is 0 Å². The van der Waals surface area contributed by atoms with Gasteiger partial charge in [-0.05, 0) is 42.7 Å². The number of hydrogen-bond donors (Lipinski definition) is 1. The Labute approximate surface area is 201 Å². The predicted octanol–water partition coefficient (Wildman–Crippen LogP) is 7.51. The van der Waals surface area contributed by atoms with E-state index < -0.39 is 0 Å². The molecule has 0 aliphatic rings. The van der Waals surface area contributed by atoms with Crippen LogP contribution in [0.1, 0.15) is 49.4 Å². The molecule has 0 aliphatic carbocycles. The fourth-order valence-electron chi connectivity index (χ4n) is 3.49. The van der Waals surface area contributed by atoms with Crippen molar-refractivity contribution in [3.05, 3.63) is 94.3 Å². The maximum Gasteiger partial charge on any atom is 0.180 e. The lowest BCUT2D eigenvalue weighted by Crippen LogP contribution is -2.21. The number of nitrogens with one attached hydrogen (secondary N) is 1. The van der Waals surface area contributed by atoms with Crippen molar-refractivity contribution >= 4 is 24.0 Å². The number of hydrogen-bond acceptors (Lipinski definition) is 3. The lowest BCUT2D eigenvalue weighted by atomic mass is 10.0. The van der Waals surface area contributed by atoms with E-state index in [1.54, 1.807) is 18.2 Å². The van der Waals surface area contributed by atoms with Crippen molar-refractivity contribution in [3.63, 3.8) is 0 Å². The lowest BCUT2D eigenvalue weighted by molar-refractivity contribution is 0.265. The van der Waals surface area contributed by atoms with Gasteiger partial charge in [0.25, 0.3) is 0 Å². The van der Waals surface area contributed by atoms with E-state index in [2.05, 4.69) is 36.5 Å². The van der Waals surface area contributed by atoms with Gasteiger partial charge in [-0.15, -0.1) is 12.4 Å². The van der Waals surface area contributed by atoms with E-state index in [0.29, 0.717) is 35.2 Å². The third kappa shape index (κ3) is 7.13. The number of rotatable bonds is 11. The highest BCUT2D eigenvalue weighted by Crippen LogP contribution is 2.37. The molecule has 0 heterocycles. The third-order valence-electron chi connectivity index (χ3n) is 5.03. The molecule has 3 rings (SSSR count). The summed E-state index contributed by atoms with van der Waals surface area (Å²) in [4.78, 5) is 0. The van der Waals surface area contributed by atoms with Gasteiger partial charge in [0.1, 0.15) is 12.4 Å². The van der Waals surface area contributed by atoms with Crippen LogP contribution < -0.4 is 14.8 Å². The zero-order valence-electron chi connectivity index (χ0n) is 18.4. The van der Waals surface area contributed by atoms with E-state index in [1.807, 2.05) is 25.1 Å². The molecule has 0 amide bonds. The molecular weight excluding hydrogens is 448 g/mol. The first-order valence-electron chi connectivity index (χ1n) is 10.7. The van der Waals surface area contributed by atoms with Crippen molar-refractivity contribution in [2.24, 2.45) is 0 Å². The quantitative estimate of drug-likeness (QED) is 0.309. The Morgan fingerprint density at radius 1 is 0.969 bits per heavy atom. The molecule has 1 unspecified atom stereocenters. The molecule has 0 fully saturated rings. The molecular formula is C26H30Cl2FNO2. The average Bonchev–Trinajstić information content (AvgIpc) is 2.78. The topological polar surface area (TPSA) is 30.5 Å². The first-order chi connectivity index (χ1) is 15.1. The van der Waals surface area contributed by atoms with E-state index >= 15 is 0 Å². The summed E-state index contributed by atoms with van der Waals surface area (Å²) in [7, 11) is 0. The number of halogens is 3. The van der Waals surface area contributed by atoms with Crippen molar-refractivity contribution in [2.45, 2.75) is 45.9 Å². The smallest absolute Gasteiger partial charge is 0.180 e. The minimum Gasteiger partial charge on any atom is -0.490 e.